The zero-order valence-electron chi connectivity index (χ0n) is 22.8. The standard InChI is InChI=1S/C31H27FN4O5S/c1-31(22-6-5-18(15-33)13-23(22)32)40-25-4-2-3-21(28(25)41-31)19-7-10-35(11-8-19)17-27-34-29-24(14-26(42-29)30(37)38)36(27)16-20-9-12-39-20/h2-7,13-14,20H,8-12,16-17H2,1H3,(H,37,38)/t20-,31+/m0/s1. The monoisotopic (exact) mass is 586 g/mol. The molecule has 0 bridgehead atoms. The summed E-state index contributed by atoms with van der Waals surface area (Å²) in [5, 5.41) is 18.6. The summed E-state index contributed by atoms with van der Waals surface area (Å²) >= 11 is 1.20. The number of para-hydroxylation sites is 1. The van der Waals surface area contributed by atoms with Gasteiger partial charge < -0.3 is 23.9 Å². The van der Waals surface area contributed by atoms with E-state index in [2.05, 4.69) is 15.5 Å². The Morgan fingerprint density at radius 3 is 2.83 bits per heavy atom. The lowest BCUT2D eigenvalue weighted by molar-refractivity contribution is -0.0708. The summed E-state index contributed by atoms with van der Waals surface area (Å²) in [6.45, 7) is 5.20. The van der Waals surface area contributed by atoms with Gasteiger partial charge >= 0.3 is 5.97 Å². The lowest BCUT2D eigenvalue weighted by Crippen LogP contribution is -2.34. The molecule has 214 valence electrons. The van der Waals surface area contributed by atoms with Crippen LogP contribution in [0.2, 0.25) is 0 Å². The summed E-state index contributed by atoms with van der Waals surface area (Å²) in [5.74, 6) is -0.828. The van der Waals surface area contributed by atoms with Crippen LogP contribution in [-0.2, 0) is 23.6 Å². The van der Waals surface area contributed by atoms with Gasteiger partial charge in [-0.25, -0.2) is 14.2 Å². The van der Waals surface area contributed by atoms with Gasteiger partial charge in [0.05, 0.1) is 41.9 Å². The number of nitrogens with zero attached hydrogens (tertiary/aromatic N) is 4. The molecule has 0 unspecified atom stereocenters. The maximum Gasteiger partial charge on any atom is 0.346 e. The first-order valence-electron chi connectivity index (χ1n) is 13.8. The number of halogens is 1. The molecule has 42 heavy (non-hydrogen) atoms. The Labute approximate surface area is 245 Å². The number of fused-ring (bicyclic) bond motifs is 2. The van der Waals surface area contributed by atoms with Gasteiger partial charge in [0, 0.05) is 32.2 Å². The van der Waals surface area contributed by atoms with Crippen molar-refractivity contribution in [1.82, 2.24) is 14.5 Å². The fourth-order valence-electron chi connectivity index (χ4n) is 5.77. The van der Waals surface area contributed by atoms with Crippen LogP contribution in [-0.4, -0.2) is 51.3 Å². The number of aromatic carboxylic acids is 1. The average Bonchev–Trinajstić information content (AvgIpc) is 3.62. The SMILES string of the molecule is C[C@@]1(c2ccc(C#N)cc2F)Oc2cccc(C3=CCN(Cc4nc5sc(C(=O)O)cc5n4C[C@@H]4CCO4)CC3)c2O1. The second-order valence-electron chi connectivity index (χ2n) is 10.8. The van der Waals surface area contributed by atoms with Gasteiger partial charge in [-0.15, -0.1) is 11.3 Å². The van der Waals surface area contributed by atoms with Crippen molar-refractivity contribution in [3.63, 3.8) is 0 Å². The Hall–Kier alpha value is -4.24. The van der Waals surface area contributed by atoms with E-state index in [9.17, 15) is 14.3 Å². The molecule has 2 aromatic heterocycles. The lowest BCUT2D eigenvalue weighted by atomic mass is 9.98. The molecule has 11 heteroatoms. The first kappa shape index (κ1) is 26.6. The van der Waals surface area contributed by atoms with Crippen LogP contribution in [0.1, 0.15) is 52.0 Å². The zero-order valence-corrected chi connectivity index (χ0v) is 23.6. The van der Waals surface area contributed by atoms with Gasteiger partial charge in [0.25, 0.3) is 5.79 Å². The van der Waals surface area contributed by atoms with Gasteiger partial charge in [-0.3, -0.25) is 4.90 Å². The smallest absolute Gasteiger partial charge is 0.346 e. The van der Waals surface area contributed by atoms with Crippen molar-refractivity contribution in [2.45, 2.75) is 44.7 Å². The lowest BCUT2D eigenvalue weighted by Gasteiger charge is -2.29. The number of imidazole rings is 1. The van der Waals surface area contributed by atoms with Gasteiger partial charge in [0.15, 0.2) is 11.5 Å². The van der Waals surface area contributed by atoms with Crippen LogP contribution in [0.5, 0.6) is 11.5 Å². The third-order valence-corrected chi connectivity index (χ3v) is 9.10. The normalized spacial score (nSPS) is 21.6. The second-order valence-corrected chi connectivity index (χ2v) is 11.9. The first-order valence-corrected chi connectivity index (χ1v) is 14.6. The molecule has 1 saturated heterocycles. The highest BCUT2D eigenvalue weighted by Gasteiger charge is 2.42. The van der Waals surface area contributed by atoms with E-state index in [1.54, 1.807) is 19.1 Å². The summed E-state index contributed by atoms with van der Waals surface area (Å²) in [7, 11) is 0. The Bertz CT molecular complexity index is 1800. The largest absolute Gasteiger partial charge is 0.477 e. The molecule has 2 aromatic carbocycles. The van der Waals surface area contributed by atoms with Gasteiger partial charge in [-0.2, -0.15) is 5.26 Å². The molecular weight excluding hydrogens is 559 g/mol. The Morgan fingerprint density at radius 1 is 1.29 bits per heavy atom. The fraction of sp³-hybridized carbons (Fsp3) is 0.323. The zero-order chi connectivity index (χ0) is 29.0. The third kappa shape index (κ3) is 4.61. The quantitative estimate of drug-likeness (QED) is 0.301. The number of ether oxygens (including phenoxy) is 3. The first-order chi connectivity index (χ1) is 20.3. The van der Waals surface area contributed by atoms with Gasteiger partial charge in [0.1, 0.15) is 21.3 Å². The van der Waals surface area contributed by atoms with E-state index < -0.39 is 17.6 Å². The highest BCUT2D eigenvalue weighted by atomic mass is 32.1. The molecule has 9 nitrogen and oxygen atoms in total. The molecule has 4 aromatic rings. The summed E-state index contributed by atoms with van der Waals surface area (Å²) in [5.41, 5.74) is 3.34. The molecule has 0 aliphatic carbocycles. The van der Waals surface area contributed by atoms with Crippen LogP contribution >= 0.6 is 11.3 Å². The van der Waals surface area contributed by atoms with Crippen molar-refractivity contribution in [3.05, 3.63) is 81.7 Å². The molecule has 2 atom stereocenters. The van der Waals surface area contributed by atoms with Crippen LogP contribution in [0.25, 0.3) is 15.9 Å². The highest BCUT2D eigenvalue weighted by Crippen LogP contribution is 2.49. The van der Waals surface area contributed by atoms with E-state index >= 15 is 0 Å². The molecule has 1 fully saturated rings. The van der Waals surface area contributed by atoms with Crippen molar-refractivity contribution < 1.29 is 28.5 Å². The van der Waals surface area contributed by atoms with Crippen molar-refractivity contribution in [2.75, 3.05) is 19.7 Å². The Morgan fingerprint density at radius 2 is 2.14 bits per heavy atom. The molecule has 0 radical (unpaired) electrons. The molecule has 0 saturated carbocycles. The maximum absolute atomic E-state index is 14.9. The number of thiophene rings is 1. The van der Waals surface area contributed by atoms with E-state index in [4.69, 9.17) is 24.5 Å². The molecule has 5 heterocycles. The summed E-state index contributed by atoms with van der Waals surface area (Å²) in [4.78, 5) is 19.7. The number of hydrogen-bond acceptors (Lipinski definition) is 8. The van der Waals surface area contributed by atoms with E-state index in [1.165, 1.54) is 23.5 Å². The maximum atomic E-state index is 14.9. The topological polar surface area (TPSA) is 110 Å². The van der Waals surface area contributed by atoms with Crippen LogP contribution in [0, 0.1) is 17.1 Å². The third-order valence-electron chi connectivity index (χ3n) is 8.09. The second kappa shape index (κ2) is 10.2. The summed E-state index contributed by atoms with van der Waals surface area (Å²) < 4.78 is 35.1. The van der Waals surface area contributed by atoms with Gasteiger partial charge in [-0.1, -0.05) is 18.2 Å². The molecule has 0 amide bonds. The number of carboxylic acid groups (broad SMARTS) is 1. The van der Waals surface area contributed by atoms with E-state index in [0.717, 1.165) is 53.3 Å². The summed E-state index contributed by atoms with van der Waals surface area (Å²) in [6.07, 6.45) is 4.04. The number of rotatable bonds is 7. The van der Waals surface area contributed by atoms with Crippen LogP contribution < -0.4 is 9.47 Å². The molecule has 0 spiro atoms. The minimum absolute atomic E-state index is 0.119. The van der Waals surface area contributed by atoms with Crippen molar-refractivity contribution >= 4 is 33.2 Å². The summed E-state index contributed by atoms with van der Waals surface area (Å²) in [6, 6.07) is 13.6. The van der Waals surface area contributed by atoms with Crippen molar-refractivity contribution in [3.8, 4) is 17.6 Å². The van der Waals surface area contributed by atoms with E-state index in [0.29, 0.717) is 31.1 Å². The minimum Gasteiger partial charge on any atom is -0.477 e. The predicted octanol–water partition coefficient (Wildman–Crippen LogP) is 5.53. The van der Waals surface area contributed by atoms with Crippen LogP contribution in [0.3, 0.4) is 0 Å². The molecule has 1 N–H and O–H groups in total. The molecule has 3 aliphatic heterocycles. The molecule has 3 aliphatic rings. The van der Waals surface area contributed by atoms with Crippen LogP contribution in [0.4, 0.5) is 4.39 Å². The average molecular weight is 587 g/mol. The van der Waals surface area contributed by atoms with E-state index in [-0.39, 0.29) is 22.1 Å². The number of benzene rings is 2. The number of carboxylic acids is 1. The highest BCUT2D eigenvalue weighted by molar-refractivity contribution is 7.20. The van der Waals surface area contributed by atoms with Gasteiger partial charge in [-0.05, 0) is 48.7 Å². The molecule has 7 rings (SSSR count). The fourth-order valence-corrected chi connectivity index (χ4v) is 6.66. The minimum atomic E-state index is -1.35. The number of carbonyl (C=O) groups is 1. The number of nitriles is 1. The molecular formula is C31H27FN4O5S. The predicted molar refractivity (Wildman–Crippen MR) is 153 cm³/mol. The van der Waals surface area contributed by atoms with Crippen molar-refractivity contribution in [2.24, 2.45) is 0 Å². The van der Waals surface area contributed by atoms with E-state index in [1.807, 2.05) is 24.3 Å². The number of hydrogen-bond donors (Lipinski definition) is 1. The van der Waals surface area contributed by atoms with Crippen molar-refractivity contribution in [1.29, 1.82) is 5.26 Å². The van der Waals surface area contributed by atoms with Gasteiger partial charge in [0.2, 0.25) is 0 Å². The Kier molecular flexibility index (Phi) is 6.50. The Balaban J connectivity index is 1.10. The number of aromatic nitrogens is 2. The van der Waals surface area contributed by atoms with Crippen LogP contribution in [0.15, 0.2) is 48.5 Å².